The molecule has 0 aliphatic heterocycles. The summed E-state index contributed by atoms with van der Waals surface area (Å²) in [7, 11) is 0. The first-order valence-corrected chi connectivity index (χ1v) is 5.78. The molecule has 0 atom stereocenters. The van der Waals surface area contributed by atoms with E-state index in [9.17, 15) is 0 Å². The quantitative estimate of drug-likeness (QED) is 0.917. The predicted octanol–water partition coefficient (Wildman–Crippen LogP) is 3.46. The fourth-order valence-corrected chi connectivity index (χ4v) is 1.73. The van der Waals surface area contributed by atoms with Crippen molar-refractivity contribution < 1.29 is 4.74 Å². The number of hydrogen-bond acceptors (Lipinski definition) is 3. The molecule has 0 aliphatic rings. The van der Waals surface area contributed by atoms with Gasteiger partial charge in [-0.25, -0.2) is 0 Å². The minimum Gasteiger partial charge on any atom is -0.456 e. The number of nitrogens with two attached hydrogens (primary N) is 1. The van der Waals surface area contributed by atoms with Gasteiger partial charge in [0, 0.05) is 6.54 Å². The maximum absolute atomic E-state index is 9.03. The molecule has 0 spiro atoms. The highest BCUT2D eigenvalue weighted by Crippen LogP contribution is 2.29. The summed E-state index contributed by atoms with van der Waals surface area (Å²) in [6, 6.07) is 14.5. The molecule has 2 aromatic rings. The molecule has 0 aromatic heterocycles. The second-order valence-corrected chi connectivity index (χ2v) is 4.08. The van der Waals surface area contributed by atoms with Crippen LogP contribution in [0.1, 0.15) is 11.1 Å². The monoisotopic (exact) mass is 258 g/mol. The Morgan fingerprint density at radius 3 is 2.50 bits per heavy atom. The van der Waals surface area contributed by atoms with Gasteiger partial charge in [0.05, 0.1) is 5.02 Å². The lowest BCUT2D eigenvalue weighted by molar-refractivity contribution is 0.481. The molecule has 3 nitrogen and oxygen atoms in total. The van der Waals surface area contributed by atoms with E-state index in [-0.39, 0.29) is 0 Å². The van der Waals surface area contributed by atoms with Crippen molar-refractivity contribution in [2.75, 3.05) is 0 Å². The van der Waals surface area contributed by atoms with Gasteiger partial charge in [0.15, 0.2) is 0 Å². The first-order chi connectivity index (χ1) is 8.74. The second-order valence-electron chi connectivity index (χ2n) is 3.67. The highest BCUT2D eigenvalue weighted by Gasteiger charge is 2.08. The Labute approximate surface area is 110 Å². The van der Waals surface area contributed by atoms with Crippen LogP contribution in [0.2, 0.25) is 5.02 Å². The van der Waals surface area contributed by atoms with Gasteiger partial charge in [0.1, 0.15) is 23.1 Å². The van der Waals surface area contributed by atoms with Gasteiger partial charge >= 0.3 is 0 Å². The van der Waals surface area contributed by atoms with E-state index in [1.165, 1.54) is 0 Å². The number of nitrogens with zero attached hydrogens (tertiary/aromatic N) is 1. The summed E-state index contributed by atoms with van der Waals surface area (Å²) in [5.41, 5.74) is 6.87. The third-order valence-electron chi connectivity index (χ3n) is 2.47. The molecule has 0 saturated heterocycles. The van der Waals surface area contributed by atoms with Crippen molar-refractivity contribution in [1.29, 1.82) is 5.26 Å². The van der Waals surface area contributed by atoms with Crippen LogP contribution in [0.3, 0.4) is 0 Å². The second kappa shape index (κ2) is 5.54. The lowest BCUT2D eigenvalue weighted by atomic mass is 10.2. The zero-order valence-corrected chi connectivity index (χ0v) is 10.3. The average molecular weight is 259 g/mol. The van der Waals surface area contributed by atoms with Gasteiger partial charge in [-0.05, 0) is 29.8 Å². The Balaban J connectivity index is 2.28. The van der Waals surface area contributed by atoms with E-state index < -0.39 is 0 Å². The molecule has 0 heterocycles. The number of rotatable bonds is 3. The number of hydrogen-bond donors (Lipinski definition) is 1. The molecule has 0 aliphatic carbocycles. The summed E-state index contributed by atoms with van der Waals surface area (Å²) in [5.74, 6) is 1.09. The van der Waals surface area contributed by atoms with Crippen molar-refractivity contribution >= 4 is 11.6 Å². The highest BCUT2D eigenvalue weighted by atomic mass is 35.5. The minimum absolute atomic E-state index is 0.335. The van der Waals surface area contributed by atoms with Crippen LogP contribution in [0.25, 0.3) is 0 Å². The molecule has 0 amide bonds. The average Bonchev–Trinajstić information content (AvgIpc) is 2.40. The maximum atomic E-state index is 9.03. The van der Waals surface area contributed by atoms with Gasteiger partial charge in [-0.15, -0.1) is 0 Å². The molecule has 0 saturated carbocycles. The van der Waals surface area contributed by atoms with E-state index in [1.807, 2.05) is 30.3 Å². The Bertz CT molecular complexity index is 588. The van der Waals surface area contributed by atoms with E-state index in [4.69, 9.17) is 27.3 Å². The predicted molar refractivity (Wildman–Crippen MR) is 70.6 cm³/mol. The molecular weight excluding hydrogens is 248 g/mol. The Hall–Kier alpha value is -2.02. The third-order valence-corrected chi connectivity index (χ3v) is 2.79. The molecule has 0 fully saturated rings. The van der Waals surface area contributed by atoms with Crippen LogP contribution < -0.4 is 10.5 Å². The number of benzene rings is 2. The van der Waals surface area contributed by atoms with Gasteiger partial charge in [-0.2, -0.15) is 5.26 Å². The van der Waals surface area contributed by atoms with Crippen LogP contribution in [0.5, 0.6) is 11.5 Å². The van der Waals surface area contributed by atoms with Crippen molar-refractivity contribution in [1.82, 2.24) is 0 Å². The molecule has 18 heavy (non-hydrogen) atoms. The van der Waals surface area contributed by atoms with Crippen molar-refractivity contribution in [3.05, 3.63) is 58.6 Å². The number of ether oxygens (including phenoxy) is 1. The molecule has 2 N–H and O–H groups in total. The lowest BCUT2D eigenvalue weighted by Gasteiger charge is -2.08. The standard InChI is InChI=1S/C14H11ClN2O/c15-13-2-1-3-14(12(13)9-17)18-11-6-4-10(8-16)5-7-11/h1-7H,8,16H2. The summed E-state index contributed by atoms with van der Waals surface area (Å²) < 4.78 is 5.63. The SMILES string of the molecule is N#Cc1c(Cl)cccc1Oc1ccc(CN)cc1. The van der Waals surface area contributed by atoms with Crippen LogP contribution in [0, 0.1) is 11.3 Å². The van der Waals surface area contributed by atoms with Gasteiger partial charge in [-0.3, -0.25) is 0 Å². The van der Waals surface area contributed by atoms with Crippen molar-refractivity contribution in [2.45, 2.75) is 6.54 Å². The minimum atomic E-state index is 0.335. The molecule has 4 heteroatoms. The molecule has 0 unspecified atom stereocenters. The van der Waals surface area contributed by atoms with Crippen molar-refractivity contribution in [2.24, 2.45) is 5.73 Å². The highest BCUT2D eigenvalue weighted by molar-refractivity contribution is 6.31. The summed E-state index contributed by atoms with van der Waals surface area (Å²) in [4.78, 5) is 0. The van der Waals surface area contributed by atoms with Crippen molar-refractivity contribution in [3.63, 3.8) is 0 Å². The van der Waals surface area contributed by atoms with E-state index in [0.717, 1.165) is 5.56 Å². The number of halogens is 1. The van der Waals surface area contributed by atoms with E-state index in [1.54, 1.807) is 18.2 Å². The normalized spacial score (nSPS) is 9.83. The number of nitriles is 1. The van der Waals surface area contributed by atoms with Crippen molar-refractivity contribution in [3.8, 4) is 17.6 Å². The molecular formula is C14H11ClN2O. The first-order valence-electron chi connectivity index (χ1n) is 5.40. The van der Waals surface area contributed by atoms with Gasteiger partial charge in [0.25, 0.3) is 0 Å². The Morgan fingerprint density at radius 1 is 1.17 bits per heavy atom. The van der Waals surface area contributed by atoms with E-state index >= 15 is 0 Å². The fourth-order valence-electron chi connectivity index (χ4n) is 1.52. The van der Waals surface area contributed by atoms with Crippen LogP contribution in [0.4, 0.5) is 0 Å². The van der Waals surface area contributed by atoms with Crippen LogP contribution in [-0.4, -0.2) is 0 Å². The van der Waals surface area contributed by atoms with Gasteiger partial charge in [0.2, 0.25) is 0 Å². The first kappa shape index (κ1) is 12.4. The maximum Gasteiger partial charge on any atom is 0.146 e. The van der Waals surface area contributed by atoms with E-state index in [2.05, 4.69) is 0 Å². The van der Waals surface area contributed by atoms with E-state index in [0.29, 0.717) is 28.6 Å². The molecule has 90 valence electrons. The topological polar surface area (TPSA) is 59.0 Å². The third kappa shape index (κ3) is 2.62. The van der Waals surface area contributed by atoms with Crippen LogP contribution >= 0.6 is 11.6 Å². The summed E-state index contributed by atoms with van der Waals surface area (Å²) in [6.45, 7) is 0.487. The molecule has 0 bridgehead atoms. The van der Waals surface area contributed by atoms with Crippen LogP contribution in [0.15, 0.2) is 42.5 Å². The zero-order chi connectivity index (χ0) is 13.0. The summed E-state index contributed by atoms with van der Waals surface area (Å²) >= 11 is 5.92. The summed E-state index contributed by atoms with van der Waals surface area (Å²) in [5, 5.41) is 9.41. The molecule has 2 rings (SSSR count). The Morgan fingerprint density at radius 2 is 1.89 bits per heavy atom. The molecule has 0 radical (unpaired) electrons. The smallest absolute Gasteiger partial charge is 0.146 e. The van der Waals surface area contributed by atoms with Crippen LogP contribution in [-0.2, 0) is 6.54 Å². The summed E-state index contributed by atoms with van der Waals surface area (Å²) in [6.07, 6.45) is 0. The zero-order valence-electron chi connectivity index (χ0n) is 9.56. The van der Waals surface area contributed by atoms with Gasteiger partial charge < -0.3 is 10.5 Å². The largest absolute Gasteiger partial charge is 0.456 e. The molecule has 2 aromatic carbocycles. The lowest BCUT2D eigenvalue weighted by Crippen LogP contribution is -1.95. The Kier molecular flexibility index (Phi) is 3.83. The fraction of sp³-hybridized carbons (Fsp3) is 0.0714. The van der Waals surface area contributed by atoms with Gasteiger partial charge in [-0.1, -0.05) is 29.8 Å².